The van der Waals surface area contributed by atoms with Crippen molar-refractivity contribution in [2.45, 2.75) is 17.9 Å². The summed E-state index contributed by atoms with van der Waals surface area (Å²) in [6.07, 6.45) is 1.12. The summed E-state index contributed by atoms with van der Waals surface area (Å²) in [6.45, 7) is 2.15. The lowest BCUT2D eigenvalue weighted by atomic mass is 10.2. The molecule has 0 bridgehead atoms. The Morgan fingerprint density at radius 3 is 2.29 bits per heavy atom. The first kappa shape index (κ1) is 13.7. The molecular weight excluding hydrogens is 240 g/mol. The number of carbonyl (C=O) groups is 1. The third kappa shape index (κ3) is 3.83. The average molecular weight is 256 g/mol. The van der Waals surface area contributed by atoms with E-state index in [1.54, 1.807) is 6.92 Å². The SMILES string of the molecule is C[C@H](CN)NC(=O)c1ccc(S(C)(=O)=O)cc1. The Kier molecular flexibility index (Phi) is 4.25. The lowest BCUT2D eigenvalue weighted by Crippen LogP contribution is -2.37. The maximum atomic E-state index is 11.7. The van der Waals surface area contributed by atoms with Crippen molar-refractivity contribution in [3.63, 3.8) is 0 Å². The molecule has 0 heterocycles. The van der Waals surface area contributed by atoms with E-state index in [-0.39, 0.29) is 16.8 Å². The number of amides is 1. The molecule has 1 aromatic rings. The highest BCUT2D eigenvalue weighted by Crippen LogP contribution is 2.10. The number of benzene rings is 1. The van der Waals surface area contributed by atoms with Crippen LogP contribution in [0.15, 0.2) is 29.2 Å². The third-order valence-electron chi connectivity index (χ3n) is 2.28. The van der Waals surface area contributed by atoms with Gasteiger partial charge in [0.2, 0.25) is 0 Å². The minimum absolute atomic E-state index is 0.114. The van der Waals surface area contributed by atoms with Crippen LogP contribution in [0.3, 0.4) is 0 Å². The number of sulfone groups is 1. The molecule has 0 spiro atoms. The second-order valence-corrected chi connectivity index (χ2v) is 5.92. The Morgan fingerprint density at radius 2 is 1.88 bits per heavy atom. The summed E-state index contributed by atoms with van der Waals surface area (Å²) in [5.41, 5.74) is 5.80. The van der Waals surface area contributed by atoms with Gasteiger partial charge in [-0.2, -0.15) is 0 Å². The number of hydrogen-bond donors (Lipinski definition) is 2. The van der Waals surface area contributed by atoms with E-state index >= 15 is 0 Å². The highest BCUT2D eigenvalue weighted by molar-refractivity contribution is 7.90. The second kappa shape index (κ2) is 5.29. The first-order valence-electron chi connectivity index (χ1n) is 5.15. The molecule has 0 unspecified atom stereocenters. The smallest absolute Gasteiger partial charge is 0.251 e. The molecule has 0 aliphatic heterocycles. The van der Waals surface area contributed by atoms with Gasteiger partial charge in [-0.1, -0.05) is 0 Å². The number of hydrogen-bond acceptors (Lipinski definition) is 4. The maximum absolute atomic E-state index is 11.7. The fourth-order valence-corrected chi connectivity index (χ4v) is 1.85. The Labute approximate surface area is 101 Å². The van der Waals surface area contributed by atoms with Gasteiger partial charge in [-0.3, -0.25) is 4.79 Å². The van der Waals surface area contributed by atoms with Gasteiger partial charge in [0.15, 0.2) is 9.84 Å². The van der Waals surface area contributed by atoms with Crippen molar-refractivity contribution >= 4 is 15.7 Å². The normalized spacial score (nSPS) is 13.1. The summed E-state index contributed by atoms with van der Waals surface area (Å²) in [5.74, 6) is -0.261. The largest absolute Gasteiger partial charge is 0.348 e. The minimum atomic E-state index is -3.22. The van der Waals surface area contributed by atoms with Gasteiger partial charge in [-0.15, -0.1) is 0 Å². The van der Waals surface area contributed by atoms with Crippen molar-refractivity contribution in [3.05, 3.63) is 29.8 Å². The topological polar surface area (TPSA) is 89.3 Å². The molecule has 0 aromatic heterocycles. The van der Waals surface area contributed by atoms with E-state index in [0.717, 1.165) is 6.26 Å². The van der Waals surface area contributed by atoms with E-state index in [0.29, 0.717) is 12.1 Å². The van der Waals surface area contributed by atoms with Crippen LogP contribution in [0.25, 0.3) is 0 Å². The van der Waals surface area contributed by atoms with Gasteiger partial charge >= 0.3 is 0 Å². The Bertz CT molecular complexity index is 494. The van der Waals surface area contributed by atoms with Crippen molar-refractivity contribution in [2.24, 2.45) is 5.73 Å². The van der Waals surface area contributed by atoms with Crippen LogP contribution in [0.1, 0.15) is 17.3 Å². The highest BCUT2D eigenvalue weighted by Gasteiger charge is 2.11. The molecule has 5 nitrogen and oxygen atoms in total. The fourth-order valence-electron chi connectivity index (χ4n) is 1.22. The van der Waals surface area contributed by atoms with Gasteiger partial charge in [-0.25, -0.2) is 8.42 Å². The summed E-state index contributed by atoms with van der Waals surface area (Å²) in [7, 11) is -3.22. The summed E-state index contributed by atoms with van der Waals surface area (Å²) < 4.78 is 22.4. The zero-order valence-electron chi connectivity index (χ0n) is 9.80. The van der Waals surface area contributed by atoms with E-state index in [4.69, 9.17) is 5.73 Å². The lowest BCUT2D eigenvalue weighted by Gasteiger charge is -2.11. The second-order valence-electron chi connectivity index (χ2n) is 3.91. The number of nitrogens with one attached hydrogen (secondary N) is 1. The maximum Gasteiger partial charge on any atom is 0.251 e. The van der Waals surface area contributed by atoms with Crippen LogP contribution in [-0.2, 0) is 9.84 Å². The standard InChI is InChI=1S/C11H16N2O3S/c1-8(7-12)13-11(14)9-3-5-10(6-4-9)17(2,15)16/h3-6,8H,7,12H2,1-2H3,(H,13,14)/t8-/m1/s1. The van der Waals surface area contributed by atoms with E-state index in [9.17, 15) is 13.2 Å². The molecule has 0 radical (unpaired) electrons. The summed E-state index contributed by atoms with van der Waals surface area (Å²) in [5, 5.41) is 2.69. The van der Waals surface area contributed by atoms with E-state index < -0.39 is 9.84 Å². The zero-order valence-corrected chi connectivity index (χ0v) is 10.6. The summed E-state index contributed by atoms with van der Waals surface area (Å²) >= 11 is 0. The van der Waals surface area contributed by atoms with E-state index in [1.807, 2.05) is 0 Å². The monoisotopic (exact) mass is 256 g/mol. The Morgan fingerprint density at radius 1 is 1.35 bits per heavy atom. The van der Waals surface area contributed by atoms with Crippen molar-refractivity contribution < 1.29 is 13.2 Å². The van der Waals surface area contributed by atoms with Crippen LogP contribution in [0.5, 0.6) is 0 Å². The lowest BCUT2D eigenvalue weighted by molar-refractivity contribution is 0.0941. The van der Waals surface area contributed by atoms with Crippen LogP contribution >= 0.6 is 0 Å². The van der Waals surface area contributed by atoms with Gasteiger partial charge in [0.05, 0.1) is 4.90 Å². The van der Waals surface area contributed by atoms with Crippen LogP contribution in [0.4, 0.5) is 0 Å². The number of rotatable bonds is 4. The van der Waals surface area contributed by atoms with Crippen molar-refractivity contribution in [1.82, 2.24) is 5.32 Å². The summed E-state index contributed by atoms with van der Waals surface area (Å²) in [4.78, 5) is 11.9. The highest BCUT2D eigenvalue weighted by atomic mass is 32.2. The molecule has 3 N–H and O–H groups in total. The van der Waals surface area contributed by atoms with Crippen LogP contribution in [0, 0.1) is 0 Å². The van der Waals surface area contributed by atoms with Gasteiger partial charge in [0, 0.05) is 24.4 Å². The molecule has 0 aliphatic rings. The van der Waals surface area contributed by atoms with Gasteiger partial charge < -0.3 is 11.1 Å². The Balaban J connectivity index is 2.85. The first-order chi connectivity index (χ1) is 7.84. The van der Waals surface area contributed by atoms with Crippen LogP contribution in [0.2, 0.25) is 0 Å². The number of nitrogens with two attached hydrogens (primary N) is 1. The molecule has 0 aliphatic carbocycles. The molecule has 1 rings (SSSR count). The van der Waals surface area contributed by atoms with Crippen molar-refractivity contribution in [2.75, 3.05) is 12.8 Å². The minimum Gasteiger partial charge on any atom is -0.348 e. The average Bonchev–Trinajstić information content (AvgIpc) is 2.27. The van der Waals surface area contributed by atoms with Gasteiger partial charge in [-0.05, 0) is 31.2 Å². The first-order valence-corrected chi connectivity index (χ1v) is 7.05. The fraction of sp³-hybridized carbons (Fsp3) is 0.364. The van der Waals surface area contributed by atoms with Gasteiger partial charge in [0.25, 0.3) is 5.91 Å². The van der Waals surface area contributed by atoms with Crippen molar-refractivity contribution in [1.29, 1.82) is 0 Å². The molecule has 1 amide bonds. The zero-order chi connectivity index (χ0) is 13.1. The quantitative estimate of drug-likeness (QED) is 0.803. The predicted molar refractivity (Wildman–Crippen MR) is 65.5 cm³/mol. The molecule has 17 heavy (non-hydrogen) atoms. The molecule has 1 aromatic carbocycles. The Hall–Kier alpha value is -1.40. The predicted octanol–water partition coefficient (Wildman–Crippen LogP) is 0.167. The van der Waals surface area contributed by atoms with E-state index in [1.165, 1.54) is 24.3 Å². The van der Waals surface area contributed by atoms with Crippen LogP contribution < -0.4 is 11.1 Å². The summed E-state index contributed by atoms with van der Waals surface area (Å²) in [6, 6.07) is 5.68. The molecule has 0 saturated heterocycles. The third-order valence-corrected chi connectivity index (χ3v) is 3.40. The molecule has 94 valence electrons. The van der Waals surface area contributed by atoms with Crippen LogP contribution in [-0.4, -0.2) is 33.2 Å². The molecular formula is C11H16N2O3S. The molecule has 0 saturated carbocycles. The number of carbonyl (C=O) groups excluding carboxylic acids is 1. The van der Waals surface area contributed by atoms with Gasteiger partial charge in [0.1, 0.15) is 0 Å². The molecule has 0 fully saturated rings. The van der Waals surface area contributed by atoms with Crippen molar-refractivity contribution in [3.8, 4) is 0 Å². The molecule has 1 atom stereocenters. The van der Waals surface area contributed by atoms with E-state index in [2.05, 4.69) is 5.32 Å². The molecule has 6 heteroatoms.